The Labute approximate surface area is 91.9 Å². The van der Waals surface area contributed by atoms with Crippen LogP contribution in [0.15, 0.2) is 30.3 Å². The highest BCUT2D eigenvalue weighted by molar-refractivity contribution is 5.35. The lowest BCUT2D eigenvalue weighted by Crippen LogP contribution is -2.35. The summed E-state index contributed by atoms with van der Waals surface area (Å²) in [6.45, 7) is -0.817. The summed E-state index contributed by atoms with van der Waals surface area (Å²) >= 11 is 0. The molecule has 0 heterocycles. The number of nitrogens with two attached hydrogens (primary N) is 1. The van der Waals surface area contributed by atoms with Crippen molar-refractivity contribution in [1.82, 2.24) is 0 Å². The molecule has 0 amide bonds. The lowest BCUT2D eigenvalue weighted by Gasteiger charge is -2.05. The Morgan fingerprint density at radius 2 is 1.81 bits per heavy atom. The van der Waals surface area contributed by atoms with E-state index in [-0.39, 0.29) is 0 Å². The lowest BCUT2D eigenvalue weighted by atomic mass is 10.3. The van der Waals surface area contributed by atoms with E-state index in [0.717, 1.165) is 5.69 Å². The number of anilines is 1. The smallest absolute Gasteiger partial charge is 0.341 e. The predicted octanol–water partition coefficient (Wildman–Crippen LogP) is -0.797. The van der Waals surface area contributed by atoms with E-state index in [1.807, 2.05) is 30.3 Å². The number of para-hydroxylation sites is 1. The third-order valence-corrected chi connectivity index (χ3v) is 1.55. The van der Waals surface area contributed by atoms with Crippen LogP contribution in [0.1, 0.15) is 0 Å². The van der Waals surface area contributed by atoms with Crippen molar-refractivity contribution in [2.24, 2.45) is 0 Å². The molecule has 7 nitrogen and oxygen atoms in total. The zero-order chi connectivity index (χ0) is 12.6. The van der Waals surface area contributed by atoms with E-state index in [4.69, 9.17) is 21.1 Å². The lowest BCUT2D eigenvalue weighted by molar-refractivity contribution is -0.583. The molecule has 1 aromatic rings. The molecule has 0 saturated carbocycles. The van der Waals surface area contributed by atoms with Gasteiger partial charge in [0.05, 0.1) is 11.5 Å². The molecule has 5 N–H and O–H groups in total. The first-order valence-electron chi connectivity index (χ1n) is 4.40. The highest BCUT2D eigenvalue weighted by Gasteiger charge is 2.25. The normalized spacial score (nSPS) is 13.2. The fourth-order valence-corrected chi connectivity index (χ4v) is 0.688. The van der Waals surface area contributed by atoms with Crippen molar-refractivity contribution in [2.45, 2.75) is 12.3 Å². The molecular weight excluding hydrogens is 216 g/mol. The fourth-order valence-electron chi connectivity index (χ4n) is 0.688. The summed E-state index contributed by atoms with van der Waals surface area (Å²) in [5, 5.41) is 34.3. The van der Waals surface area contributed by atoms with Crippen LogP contribution in [0.5, 0.6) is 0 Å². The molecule has 2 atom stereocenters. The number of hydrogen-bond donors (Lipinski definition) is 4. The summed E-state index contributed by atoms with van der Waals surface area (Å²) in [5.41, 5.74) is 6.18. The van der Waals surface area contributed by atoms with Gasteiger partial charge in [0, 0.05) is 5.69 Å². The number of aliphatic hydroxyl groups excluding tert-OH is 3. The average Bonchev–Trinajstić information content (AvgIpc) is 2.28. The molecule has 0 aliphatic rings. The summed E-state index contributed by atoms with van der Waals surface area (Å²) in [4.78, 5) is 8.50. The van der Waals surface area contributed by atoms with E-state index in [9.17, 15) is 10.1 Å². The van der Waals surface area contributed by atoms with Gasteiger partial charge >= 0.3 is 6.23 Å². The van der Waals surface area contributed by atoms with Crippen LogP contribution in [0, 0.1) is 10.1 Å². The van der Waals surface area contributed by atoms with Crippen LogP contribution >= 0.6 is 0 Å². The maximum Gasteiger partial charge on any atom is 0.341 e. The standard InChI is InChI=1S/C6H7N.C3H7NO5/c7-6-4-2-1-3-5-6;5-1-2(6)3(7)4(8)9/h1-5H,7H2;2-3,5-7H,1H2. The first-order chi connectivity index (χ1) is 7.49. The van der Waals surface area contributed by atoms with Crippen LogP contribution in [0.2, 0.25) is 0 Å². The van der Waals surface area contributed by atoms with Gasteiger partial charge in [0.2, 0.25) is 0 Å². The van der Waals surface area contributed by atoms with Crippen LogP contribution < -0.4 is 5.73 Å². The van der Waals surface area contributed by atoms with Gasteiger partial charge in [-0.25, -0.2) is 0 Å². The largest absolute Gasteiger partial charge is 0.399 e. The molecule has 1 rings (SSSR count). The van der Waals surface area contributed by atoms with Gasteiger partial charge in [0.15, 0.2) is 6.10 Å². The van der Waals surface area contributed by atoms with Gasteiger partial charge in [-0.05, 0) is 12.1 Å². The zero-order valence-electron chi connectivity index (χ0n) is 8.43. The zero-order valence-corrected chi connectivity index (χ0v) is 8.43. The minimum absolute atomic E-state index is 0.817. The first-order valence-corrected chi connectivity index (χ1v) is 4.40. The Morgan fingerprint density at radius 1 is 1.31 bits per heavy atom. The Morgan fingerprint density at radius 3 is 2.00 bits per heavy atom. The quantitative estimate of drug-likeness (QED) is 0.233. The molecule has 0 aliphatic heterocycles. The Bertz CT molecular complexity index is 306. The molecule has 2 unspecified atom stereocenters. The van der Waals surface area contributed by atoms with Crippen LogP contribution in [0.4, 0.5) is 5.69 Å². The van der Waals surface area contributed by atoms with Gasteiger partial charge in [-0.1, -0.05) is 18.2 Å². The Kier molecular flexibility index (Phi) is 6.77. The number of rotatable bonds is 3. The van der Waals surface area contributed by atoms with Crippen molar-refractivity contribution in [3.05, 3.63) is 40.4 Å². The van der Waals surface area contributed by atoms with Crippen molar-refractivity contribution in [2.75, 3.05) is 12.3 Å². The van der Waals surface area contributed by atoms with Gasteiger partial charge in [0.1, 0.15) is 0 Å². The molecule has 7 heteroatoms. The summed E-state index contributed by atoms with van der Waals surface area (Å²) in [5.74, 6) is 0. The molecule has 0 saturated heterocycles. The highest BCUT2D eigenvalue weighted by Crippen LogP contribution is 1.95. The number of nitrogen functional groups attached to an aromatic ring is 1. The van der Waals surface area contributed by atoms with E-state index in [2.05, 4.69) is 0 Å². The second kappa shape index (κ2) is 7.57. The van der Waals surface area contributed by atoms with Crippen LogP contribution in [0.25, 0.3) is 0 Å². The number of nitro groups is 1. The molecule has 0 aromatic heterocycles. The molecule has 16 heavy (non-hydrogen) atoms. The van der Waals surface area contributed by atoms with Crippen LogP contribution in [-0.4, -0.2) is 39.2 Å². The predicted molar refractivity (Wildman–Crippen MR) is 56.9 cm³/mol. The van der Waals surface area contributed by atoms with Gasteiger partial charge in [-0.3, -0.25) is 10.1 Å². The average molecular weight is 230 g/mol. The van der Waals surface area contributed by atoms with E-state index in [1.54, 1.807) is 0 Å². The summed E-state index contributed by atoms with van der Waals surface area (Å²) in [7, 11) is 0. The summed E-state index contributed by atoms with van der Waals surface area (Å²) in [6, 6.07) is 9.49. The minimum atomic E-state index is -2.09. The highest BCUT2D eigenvalue weighted by atomic mass is 16.7. The van der Waals surface area contributed by atoms with E-state index >= 15 is 0 Å². The Hall–Kier alpha value is -1.70. The van der Waals surface area contributed by atoms with Crippen molar-refractivity contribution in [3.63, 3.8) is 0 Å². The third kappa shape index (κ3) is 5.91. The van der Waals surface area contributed by atoms with Crippen molar-refractivity contribution < 1.29 is 20.2 Å². The molecule has 0 radical (unpaired) electrons. The van der Waals surface area contributed by atoms with Gasteiger partial charge < -0.3 is 21.1 Å². The van der Waals surface area contributed by atoms with Crippen molar-refractivity contribution >= 4 is 5.69 Å². The minimum Gasteiger partial charge on any atom is -0.399 e. The molecule has 0 aliphatic carbocycles. The van der Waals surface area contributed by atoms with E-state index in [1.165, 1.54) is 0 Å². The first kappa shape index (κ1) is 14.3. The Balaban J connectivity index is 0.000000288. The number of aliphatic hydroxyl groups is 3. The molecule has 0 bridgehead atoms. The second-order valence-electron chi connectivity index (χ2n) is 2.86. The molecule has 90 valence electrons. The summed E-state index contributed by atoms with van der Waals surface area (Å²) < 4.78 is 0. The van der Waals surface area contributed by atoms with Gasteiger partial charge in [-0.2, -0.15) is 0 Å². The van der Waals surface area contributed by atoms with E-state index in [0.29, 0.717) is 0 Å². The fraction of sp³-hybridized carbons (Fsp3) is 0.333. The maximum absolute atomic E-state index is 9.58. The maximum atomic E-state index is 9.58. The van der Waals surface area contributed by atoms with Gasteiger partial charge in [0.25, 0.3) is 0 Å². The number of nitrogens with zero attached hydrogens (tertiary/aromatic N) is 1. The molecule has 0 fully saturated rings. The number of hydrogen-bond acceptors (Lipinski definition) is 6. The molecule has 0 spiro atoms. The summed E-state index contributed by atoms with van der Waals surface area (Å²) in [6.07, 6.45) is -3.78. The molecule has 1 aromatic carbocycles. The van der Waals surface area contributed by atoms with Crippen molar-refractivity contribution in [3.8, 4) is 0 Å². The van der Waals surface area contributed by atoms with E-state index < -0.39 is 23.9 Å². The molecular formula is C9H14N2O5. The third-order valence-electron chi connectivity index (χ3n) is 1.55. The van der Waals surface area contributed by atoms with Gasteiger partial charge in [-0.15, -0.1) is 0 Å². The van der Waals surface area contributed by atoms with Crippen LogP contribution in [-0.2, 0) is 0 Å². The monoisotopic (exact) mass is 230 g/mol. The van der Waals surface area contributed by atoms with Crippen molar-refractivity contribution in [1.29, 1.82) is 0 Å². The van der Waals surface area contributed by atoms with Crippen LogP contribution in [0.3, 0.4) is 0 Å². The topological polar surface area (TPSA) is 130 Å². The SMILES string of the molecule is Nc1ccccc1.O=[N+]([O-])C(O)C(O)CO. The second-order valence-corrected chi connectivity index (χ2v) is 2.86. The number of benzene rings is 1.